The van der Waals surface area contributed by atoms with Gasteiger partial charge in [0.1, 0.15) is 17.6 Å². The highest BCUT2D eigenvalue weighted by atomic mass is 35.5. The minimum Gasteiger partial charge on any atom is -0.459 e. The molecule has 0 bridgehead atoms. The maximum atomic E-state index is 6.29. The van der Waals surface area contributed by atoms with Crippen LogP contribution in [0.25, 0.3) is 11.3 Å². The quantitative estimate of drug-likeness (QED) is 0.605. The van der Waals surface area contributed by atoms with E-state index < -0.39 is 0 Å². The number of furan rings is 1. The van der Waals surface area contributed by atoms with Crippen molar-refractivity contribution in [2.75, 3.05) is 6.54 Å². The van der Waals surface area contributed by atoms with Gasteiger partial charge in [0.25, 0.3) is 0 Å². The van der Waals surface area contributed by atoms with E-state index in [9.17, 15) is 0 Å². The lowest BCUT2D eigenvalue weighted by Gasteiger charge is -2.24. The van der Waals surface area contributed by atoms with Crippen LogP contribution < -0.4 is 5.32 Å². The first-order chi connectivity index (χ1) is 13.1. The van der Waals surface area contributed by atoms with Crippen LogP contribution in [-0.4, -0.2) is 21.5 Å². The monoisotopic (exact) mass is 397 g/mol. The third-order valence-electron chi connectivity index (χ3n) is 4.99. The Balaban J connectivity index is 1.75. The smallest absolute Gasteiger partial charge is 0.170 e. The molecule has 1 saturated heterocycles. The standard InChI is InChI=1S/C21H20ClN3OS/c1-3-25-20(19(24-21(25)27)16-9-4-5-12-23-16)18-11-10-17(26-18)14-7-6-8-15(22)13(14)2/h4-12,19-20H,3H2,1-2H3,(H,24,27)/t19-,20+/m1/s1. The van der Waals surface area contributed by atoms with Crippen molar-refractivity contribution in [2.24, 2.45) is 0 Å². The summed E-state index contributed by atoms with van der Waals surface area (Å²) >= 11 is 11.8. The molecule has 1 aliphatic heterocycles. The van der Waals surface area contributed by atoms with Crippen molar-refractivity contribution in [2.45, 2.75) is 25.9 Å². The van der Waals surface area contributed by atoms with Gasteiger partial charge in [-0.25, -0.2) is 0 Å². The summed E-state index contributed by atoms with van der Waals surface area (Å²) < 4.78 is 6.29. The Morgan fingerprint density at radius 2 is 2.04 bits per heavy atom. The maximum Gasteiger partial charge on any atom is 0.170 e. The molecule has 27 heavy (non-hydrogen) atoms. The molecule has 4 nitrogen and oxygen atoms in total. The Hall–Kier alpha value is -2.37. The second kappa shape index (κ2) is 7.33. The first-order valence-electron chi connectivity index (χ1n) is 8.93. The third kappa shape index (κ3) is 3.22. The summed E-state index contributed by atoms with van der Waals surface area (Å²) in [7, 11) is 0. The fourth-order valence-corrected chi connectivity index (χ4v) is 4.13. The first-order valence-corrected chi connectivity index (χ1v) is 9.72. The molecule has 138 valence electrons. The summed E-state index contributed by atoms with van der Waals surface area (Å²) in [5.41, 5.74) is 2.95. The predicted octanol–water partition coefficient (Wildman–Crippen LogP) is 5.30. The largest absolute Gasteiger partial charge is 0.459 e. The van der Waals surface area contributed by atoms with Crippen molar-refractivity contribution in [1.29, 1.82) is 0 Å². The van der Waals surface area contributed by atoms with E-state index in [1.165, 1.54) is 0 Å². The van der Waals surface area contributed by atoms with E-state index in [1.807, 2.05) is 55.5 Å². The zero-order valence-electron chi connectivity index (χ0n) is 15.1. The van der Waals surface area contributed by atoms with Crippen molar-refractivity contribution >= 4 is 28.9 Å². The van der Waals surface area contributed by atoms with Gasteiger partial charge in [-0.2, -0.15) is 0 Å². The van der Waals surface area contributed by atoms with Crippen LogP contribution in [0.1, 0.15) is 36.0 Å². The molecule has 1 aliphatic rings. The third-order valence-corrected chi connectivity index (χ3v) is 5.75. The topological polar surface area (TPSA) is 41.3 Å². The van der Waals surface area contributed by atoms with Gasteiger partial charge in [0.05, 0.1) is 11.7 Å². The van der Waals surface area contributed by atoms with Gasteiger partial charge in [-0.15, -0.1) is 0 Å². The lowest BCUT2D eigenvalue weighted by atomic mass is 10.0. The second-order valence-electron chi connectivity index (χ2n) is 6.53. The van der Waals surface area contributed by atoms with Gasteiger partial charge in [0, 0.05) is 23.3 Å². The predicted molar refractivity (Wildman–Crippen MR) is 112 cm³/mol. The molecule has 4 rings (SSSR count). The van der Waals surface area contributed by atoms with E-state index in [2.05, 4.69) is 22.1 Å². The highest BCUT2D eigenvalue weighted by Crippen LogP contribution is 2.40. The molecule has 2 atom stereocenters. The lowest BCUT2D eigenvalue weighted by molar-refractivity contribution is 0.284. The van der Waals surface area contributed by atoms with E-state index in [4.69, 9.17) is 28.2 Å². The van der Waals surface area contributed by atoms with Crippen LogP contribution in [0.5, 0.6) is 0 Å². The number of aromatic nitrogens is 1. The van der Waals surface area contributed by atoms with Crippen LogP contribution >= 0.6 is 23.8 Å². The van der Waals surface area contributed by atoms with E-state index in [-0.39, 0.29) is 12.1 Å². The highest BCUT2D eigenvalue weighted by Gasteiger charge is 2.40. The molecule has 6 heteroatoms. The summed E-state index contributed by atoms with van der Waals surface area (Å²) in [6.07, 6.45) is 1.80. The van der Waals surface area contributed by atoms with Crippen LogP contribution in [0.2, 0.25) is 5.02 Å². The summed E-state index contributed by atoms with van der Waals surface area (Å²) in [4.78, 5) is 6.66. The van der Waals surface area contributed by atoms with Crippen molar-refractivity contribution in [3.63, 3.8) is 0 Å². The number of likely N-dealkylation sites (N-methyl/N-ethyl adjacent to an activating group) is 1. The zero-order valence-corrected chi connectivity index (χ0v) is 16.7. The molecule has 2 aromatic heterocycles. The number of nitrogens with zero attached hydrogens (tertiary/aromatic N) is 2. The van der Waals surface area contributed by atoms with Crippen molar-refractivity contribution in [3.05, 3.63) is 76.8 Å². The van der Waals surface area contributed by atoms with E-state index in [0.29, 0.717) is 0 Å². The van der Waals surface area contributed by atoms with Gasteiger partial charge < -0.3 is 14.6 Å². The van der Waals surface area contributed by atoms with Gasteiger partial charge in [-0.1, -0.05) is 29.8 Å². The number of rotatable bonds is 4. The Morgan fingerprint density at radius 1 is 1.19 bits per heavy atom. The normalized spacial score (nSPS) is 19.4. The van der Waals surface area contributed by atoms with E-state index in [1.54, 1.807) is 6.20 Å². The number of hydrogen-bond acceptors (Lipinski definition) is 3. The molecular weight excluding hydrogens is 378 g/mol. The van der Waals surface area contributed by atoms with Gasteiger partial charge >= 0.3 is 0 Å². The number of hydrogen-bond donors (Lipinski definition) is 1. The van der Waals surface area contributed by atoms with Crippen LogP contribution in [0.4, 0.5) is 0 Å². The molecule has 3 heterocycles. The van der Waals surface area contributed by atoms with Crippen LogP contribution in [0.15, 0.2) is 59.1 Å². The van der Waals surface area contributed by atoms with Gasteiger partial charge in [0.15, 0.2) is 5.11 Å². The molecule has 0 unspecified atom stereocenters. The van der Waals surface area contributed by atoms with Crippen LogP contribution in [-0.2, 0) is 0 Å². The molecule has 0 radical (unpaired) electrons. The molecule has 1 N–H and O–H groups in total. The maximum absolute atomic E-state index is 6.29. The molecular formula is C21H20ClN3OS. The molecule has 1 aromatic carbocycles. The molecule has 0 spiro atoms. The Labute approximate surface area is 169 Å². The van der Waals surface area contributed by atoms with E-state index in [0.717, 1.165) is 45.0 Å². The molecule has 1 fully saturated rings. The van der Waals surface area contributed by atoms with Crippen molar-refractivity contribution < 1.29 is 4.42 Å². The Bertz CT molecular complexity index is 973. The lowest BCUT2D eigenvalue weighted by Crippen LogP contribution is -2.29. The van der Waals surface area contributed by atoms with Gasteiger partial charge in [0.2, 0.25) is 0 Å². The summed E-state index contributed by atoms with van der Waals surface area (Å²) in [6.45, 7) is 4.87. The number of thiocarbonyl (C=S) groups is 1. The van der Waals surface area contributed by atoms with Gasteiger partial charge in [-0.3, -0.25) is 4.98 Å². The minimum absolute atomic E-state index is 0.0503. The number of pyridine rings is 1. The Morgan fingerprint density at radius 3 is 2.78 bits per heavy atom. The SMILES string of the molecule is CCN1C(=S)N[C@H](c2ccccn2)[C@@H]1c1ccc(-c2cccc(Cl)c2C)o1. The number of nitrogens with one attached hydrogen (secondary N) is 1. The zero-order chi connectivity index (χ0) is 19.0. The second-order valence-corrected chi connectivity index (χ2v) is 7.32. The minimum atomic E-state index is -0.0573. The fraction of sp³-hybridized carbons (Fsp3) is 0.238. The molecule has 0 saturated carbocycles. The van der Waals surface area contributed by atoms with Gasteiger partial charge in [-0.05, 0) is 62.0 Å². The highest BCUT2D eigenvalue weighted by molar-refractivity contribution is 7.80. The van der Waals surface area contributed by atoms with Crippen molar-refractivity contribution in [1.82, 2.24) is 15.2 Å². The molecule has 0 aliphatic carbocycles. The number of halogens is 1. The first kappa shape index (κ1) is 18.0. The molecule has 0 amide bonds. The van der Waals surface area contributed by atoms with Crippen LogP contribution in [0.3, 0.4) is 0 Å². The Kier molecular flexibility index (Phi) is 4.89. The average molecular weight is 398 g/mol. The average Bonchev–Trinajstić information content (AvgIpc) is 3.28. The fourth-order valence-electron chi connectivity index (χ4n) is 3.59. The number of benzene rings is 1. The summed E-state index contributed by atoms with van der Waals surface area (Å²) in [5, 5.41) is 4.85. The van der Waals surface area contributed by atoms with E-state index >= 15 is 0 Å². The van der Waals surface area contributed by atoms with Crippen LogP contribution in [0, 0.1) is 6.92 Å². The summed E-state index contributed by atoms with van der Waals surface area (Å²) in [5.74, 6) is 1.66. The van der Waals surface area contributed by atoms with Crippen molar-refractivity contribution in [3.8, 4) is 11.3 Å². The molecule has 3 aromatic rings. The summed E-state index contributed by atoms with van der Waals surface area (Å²) in [6, 6.07) is 15.7.